The van der Waals surface area contributed by atoms with Crippen LogP contribution in [0.3, 0.4) is 0 Å². The number of aryl methyl sites for hydroxylation is 2. The van der Waals surface area contributed by atoms with Gasteiger partial charge in [0.15, 0.2) is 0 Å². The normalized spacial score (nSPS) is 15.8. The number of para-hydroxylation sites is 1. The summed E-state index contributed by atoms with van der Waals surface area (Å²) >= 11 is 1.42. The summed E-state index contributed by atoms with van der Waals surface area (Å²) in [5, 5.41) is 12.6. The van der Waals surface area contributed by atoms with E-state index in [-0.39, 0.29) is 11.2 Å². The molecule has 1 aliphatic rings. The molecule has 0 bridgehead atoms. The number of tetrazole rings is 1. The molecule has 1 aliphatic heterocycles. The Morgan fingerprint density at radius 2 is 1.68 bits per heavy atom. The predicted molar refractivity (Wildman–Crippen MR) is 122 cm³/mol. The third kappa shape index (κ3) is 4.97. The van der Waals surface area contributed by atoms with Crippen LogP contribution in [0, 0.1) is 13.8 Å². The minimum Gasteiger partial charge on any atom is -0.339 e. The van der Waals surface area contributed by atoms with Gasteiger partial charge < -0.3 is 4.90 Å². The lowest BCUT2D eigenvalue weighted by atomic mass is 10.1. The molecule has 0 radical (unpaired) electrons. The highest BCUT2D eigenvalue weighted by atomic mass is 32.2. The van der Waals surface area contributed by atoms with Crippen molar-refractivity contribution in [3.05, 3.63) is 65.2 Å². The second kappa shape index (κ2) is 9.62. The fraction of sp³-hybridized carbons (Fsp3) is 0.391. The van der Waals surface area contributed by atoms with Gasteiger partial charge in [0.25, 0.3) is 0 Å². The molecule has 3 aromatic rings. The van der Waals surface area contributed by atoms with Crippen LogP contribution in [-0.4, -0.2) is 67.3 Å². The Morgan fingerprint density at radius 1 is 1.00 bits per heavy atom. The maximum absolute atomic E-state index is 13.1. The Labute approximate surface area is 187 Å². The monoisotopic (exact) mass is 436 g/mol. The lowest BCUT2D eigenvalue weighted by Crippen LogP contribution is -2.50. The van der Waals surface area contributed by atoms with Crippen LogP contribution in [0.25, 0.3) is 5.69 Å². The van der Waals surface area contributed by atoms with E-state index in [2.05, 4.69) is 44.7 Å². The van der Waals surface area contributed by atoms with E-state index in [9.17, 15) is 4.79 Å². The van der Waals surface area contributed by atoms with Crippen LogP contribution < -0.4 is 0 Å². The predicted octanol–water partition coefficient (Wildman–Crippen LogP) is 3.10. The van der Waals surface area contributed by atoms with Crippen LogP contribution in [-0.2, 0) is 11.3 Å². The quantitative estimate of drug-likeness (QED) is 0.553. The molecule has 0 unspecified atom stereocenters. The summed E-state index contributed by atoms with van der Waals surface area (Å²) in [6.45, 7) is 10.2. The zero-order valence-corrected chi connectivity index (χ0v) is 19.0. The number of rotatable bonds is 6. The van der Waals surface area contributed by atoms with E-state index in [0.29, 0.717) is 5.16 Å². The largest absolute Gasteiger partial charge is 0.339 e. The van der Waals surface area contributed by atoms with Crippen LogP contribution in [0.4, 0.5) is 0 Å². The Balaban J connectivity index is 1.37. The van der Waals surface area contributed by atoms with Crippen molar-refractivity contribution in [2.75, 3.05) is 26.2 Å². The van der Waals surface area contributed by atoms with Gasteiger partial charge in [-0.2, -0.15) is 4.68 Å². The number of thioether (sulfide) groups is 1. The summed E-state index contributed by atoms with van der Waals surface area (Å²) in [6.07, 6.45) is 0. The van der Waals surface area contributed by atoms with Gasteiger partial charge in [0.1, 0.15) is 0 Å². The smallest absolute Gasteiger partial charge is 0.235 e. The lowest BCUT2D eigenvalue weighted by Gasteiger charge is -2.35. The average Bonchev–Trinajstić information content (AvgIpc) is 3.22. The summed E-state index contributed by atoms with van der Waals surface area (Å²) in [5.74, 6) is 0.139. The van der Waals surface area contributed by atoms with Crippen LogP contribution in [0.5, 0.6) is 0 Å². The molecule has 31 heavy (non-hydrogen) atoms. The van der Waals surface area contributed by atoms with Crippen molar-refractivity contribution in [3.8, 4) is 5.69 Å². The van der Waals surface area contributed by atoms with Gasteiger partial charge in [0, 0.05) is 32.7 Å². The van der Waals surface area contributed by atoms with Crippen LogP contribution >= 0.6 is 11.8 Å². The van der Waals surface area contributed by atoms with E-state index in [4.69, 9.17) is 0 Å². The fourth-order valence-corrected chi connectivity index (χ4v) is 4.84. The van der Waals surface area contributed by atoms with E-state index in [1.54, 1.807) is 4.68 Å². The molecule has 1 aromatic heterocycles. The number of nitrogens with zero attached hydrogens (tertiary/aromatic N) is 6. The molecule has 8 heteroatoms. The van der Waals surface area contributed by atoms with Gasteiger partial charge in [-0.3, -0.25) is 9.69 Å². The highest BCUT2D eigenvalue weighted by molar-refractivity contribution is 8.00. The Morgan fingerprint density at radius 3 is 2.35 bits per heavy atom. The maximum Gasteiger partial charge on any atom is 0.235 e. The molecule has 0 N–H and O–H groups in total. The van der Waals surface area contributed by atoms with E-state index in [1.165, 1.54) is 17.3 Å². The second-order valence-electron chi connectivity index (χ2n) is 7.96. The first-order chi connectivity index (χ1) is 15.0. The molecule has 2 heterocycles. The number of piperazine rings is 1. The average molecular weight is 437 g/mol. The molecule has 4 rings (SSSR count). The van der Waals surface area contributed by atoms with E-state index >= 15 is 0 Å². The molecule has 1 atom stereocenters. The van der Waals surface area contributed by atoms with Crippen molar-refractivity contribution in [1.29, 1.82) is 0 Å². The van der Waals surface area contributed by atoms with Crippen LogP contribution in [0.2, 0.25) is 0 Å². The Kier molecular flexibility index (Phi) is 6.67. The standard InChI is InChI=1S/C23H28N6OS/c1-17-8-7-9-18(2)21(17)29-23(24-25-26-29)31-19(3)22(30)28-14-12-27(13-15-28)16-20-10-5-4-6-11-20/h4-11,19H,12-16H2,1-3H3/t19-/m1/s1. The second-order valence-corrected chi connectivity index (χ2v) is 9.27. The summed E-state index contributed by atoms with van der Waals surface area (Å²) < 4.78 is 1.75. The van der Waals surface area contributed by atoms with Crippen molar-refractivity contribution in [2.24, 2.45) is 0 Å². The number of carbonyl (C=O) groups excluding carboxylic acids is 1. The zero-order chi connectivity index (χ0) is 21.8. The highest BCUT2D eigenvalue weighted by Crippen LogP contribution is 2.27. The molecule has 0 saturated carbocycles. The van der Waals surface area contributed by atoms with Gasteiger partial charge in [-0.25, -0.2) is 0 Å². The first kappa shape index (κ1) is 21.5. The number of benzene rings is 2. The minimum absolute atomic E-state index is 0.139. The van der Waals surface area contributed by atoms with Crippen molar-refractivity contribution >= 4 is 17.7 Å². The summed E-state index contributed by atoms with van der Waals surface area (Å²) in [6, 6.07) is 16.6. The van der Waals surface area contributed by atoms with E-state index < -0.39 is 0 Å². The SMILES string of the molecule is Cc1cccc(C)c1-n1nnnc1S[C@H](C)C(=O)N1CCN(Cc2ccccc2)CC1. The van der Waals surface area contributed by atoms with Gasteiger partial charge in [-0.05, 0) is 47.9 Å². The molecule has 2 aromatic carbocycles. The fourth-order valence-electron chi connectivity index (χ4n) is 3.97. The van der Waals surface area contributed by atoms with Crippen molar-refractivity contribution < 1.29 is 4.79 Å². The van der Waals surface area contributed by atoms with Gasteiger partial charge >= 0.3 is 0 Å². The third-order valence-corrected chi connectivity index (χ3v) is 6.68. The van der Waals surface area contributed by atoms with Crippen LogP contribution in [0.1, 0.15) is 23.6 Å². The number of carbonyl (C=O) groups is 1. The number of hydrogen-bond donors (Lipinski definition) is 0. The molecule has 0 spiro atoms. The third-order valence-electron chi connectivity index (χ3n) is 5.66. The summed E-state index contributed by atoms with van der Waals surface area (Å²) in [7, 11) is 0. The zero-order valence-electron chi connectivity index (χ0n) is 18.2. The van der Waals surface area contributed by atoms with Gasteiger partial charge in [-0.15, -0.1) is 5.10 Å². The van der Waals surface area contributed by atoms with Crippen molar-refractivity contribution in [2.45, 2.75) is 37.7 Å². The Bertz CT molecular complexity index is 1010. The van der Waals surface area contributed by atoms with Crippen molar-refractivity contribution in [1.82, 2.24) is 30.0 Å². The number of amides is 1. The van der Waals surface area contributed by atoms with Gasteiger partial charge in [0.2, 0.25) is 11.1 Å². The summed E-state index contributed by atoms with van der Waals surface area (Å²) in [5.41, 5.74) is 4.49. The molecule has 162 valence electrons. The first-order valence-corrected chi connectivity index (χ1v) is 11.5. The van der Waals surface area contributed by atoms with Gasteiger partial charge in [-0.1, -0.05) is 60.3 Å². The van der Waals surface area contributed by atoms with Crippen molar-refractivity contribution in [3.63, 3.8) is 0 Å². The molecular weight excluding hydrogens is 408 g/mol. The number of aromatic nitrogens is 4. The molecule has 7 nitrogen and oxygen atoms in total. The lowest BCUT2D eigenvalue weighted by molar-refractivity contribution is -0.132. The van der Waals surface area contributed by atoms with E-state index in [1.807, 2.05) is 49.9 Å². The Hall–Kier alpha value is -2.71. The molecule has 1 amide bonds. The molecule has 1 saturated heterocycles. The number of hydrogen-bond acceptors (Lipinski definition) is 6. The highest BCUT2D eigenvalue weighted by Gasteiger charge is 2.27. The molecular formula is C23H28N6OS. The molecule has 1 fully saturated rings. The van der Waals surface area contributed by atoms with Gasteiger partial charge in [0.05, 0.1) is 10.9 Å². The molecule has 0 aliphatic carbocycles. The minimum atomic E-state index is -0.255. The maximum atomic E-state index is 13.1. The van der Waals surface area contributed by atoms with Crippen LogP contribution in [0.15, 0.2) is 53.7 Å². The topological polar surface area (TPSA) is 67.2 Å². The van der Waals surface area contributed by atoms with E-state index in [0.717, 1.165) is 49.5 Å². The first-order valence-electron chi connectivity index (χ1n) is 10.6. The summed E-state index contributed by atoms with van der Waals surface area (Å²) in [4.78, 5) is 17.4.